The zero-order valence-electron chi connectivity index (χ0n) is 6.86. The first-order valence-corrected chi connectivity index (χ1v) is 5.88. The summed E-state index contributed by atoms with van der Waals surface area (Å²) in [6, 6.07) is 1.51. The van der Waals surface area contributed by atoms with Gasteiger partial charge in [-0.2, -0.15) is 0 Å². The first-order chi connectivity index (χ1) is 7.00. The Morgan fingerprint density at radius 3 is 2.53 bits per heavy atom. The van der Waals surface area contributed by atoms with Crippen LogP contribution in [0.5, 0.6) is 0 Å². The summed E-state index contributed by atoms with van der Waals surface area (Å²) in [5.74, 6) is -0.538. The minimum absolute atomic E-state index is 0.0776. The summed E-state index contributed by atoms with van der Waals surface area (Å²) >= 11 is 19.0. The Balaban J connectivity index is 2.98. The summed E-state index contributed by atoms with van der Waals surface area (Å²) in [6.07, 6.45) is 0. The fraction of sp³-hybridized carbons (Fsp3) is 0. The van der Waals surface area contributed by atoms with Crippen molar-refractivity contribution in [2.75, 3.05) is 0 Å². The molecule has 0 atom stereocenters. The lowest BCUT2D eigenvalue weighted by Crippen LogP contribution is -1.93. The number of benzene rings is 1. The Labute approximate surface area is 113 Å². The van der Waals surface area contributed by atoms with Gasteiger partial charge >= 0.3 is 0 Å². The monoisotopic (exact) mass is 376 g/mol. The number of hydrogen-bond donors (Lipinski definition) is 0. The highest BCUT2D eigenvalue weighted by molar-refractivity contribution is 14.1. The molecule has 0 spiro atoms. The van der Waals surface area contributed by atoms with E-state index in [4.69, 9.17) is 34.8 Å². The fourth-order valence-electron chi connectivity index (χ4n) is 1.11. The molecule has 0 bridgehead atoms. The van der Waals surface area contributed by atoms with Gasteiger partial charge in [0, 0.05) is 5.39 Å². The number of hydrogen-bond acceptors (Lipinski definition) is 2. The van der Waals surface area contributed by atoms with Crippen LogP contribution in [0.4, 0.5) is 4.39 Å². The van der Waals surface area contributed by atoms with E-state index in [9.17, 15) is 4.39 Å². The van der Waals surface area contributed by atoms with E-state index in [1.807, 2.05) is 0 Å². The maximum atomic E-state index is 13.7. The minimum Gasteiger partial charge on any atom is -0.215 e. The second kappa shape index (κ2) is 4.16. The van der Waals surface area contributed by atoms with Gasteiger partial charge in [-0.25, -0.2) is 14.4 Å². The Morgan fingerprint density at radius 2 is 1.87 bits per heavy atom. The zero-order chi connectivity index (χ0) is 11.2. The van der Waals surface area contributed by atoms with Crippen molar-refractivity contribution in [2.24, 2.45) is 0 Å². The fourth-order valence-corrected chi connectivity index (χ4v) is 2.15. The van der Waals surface area contributed by atoms with Crippen LogP contribution >= 0.6 is 57.4 Å². The summed E-state index contributed by atoms with van der Waals surface area (Å²) in [5.41, 5.74) is 0.0776. The zero-order valence-corrected chi connectivity index (χ0v) is 11.3. The highest BCUT2D eigenvalue weighted by atomic mass is 127. The molecule has 0 amide bonds. The molecule has 2 rings (SSSR count). The molecule has 15 heavy (non-hydrogen) atoms. The van der Waals surface area contributed by atoms with Crippen LogP contribution in [0.1, 0.15) is 0 Å². The predicted molar refractivity (Wildman–Crippen MR) is 67.2 cm³/mol. The van der Waals surface area contributed by atoms with E-state index in [1.165, 1.54) is 6.07 Å². The number of halogens is 5. The number of rotatable bonds is 0. The van der Waals surface area contributed by atoms with Crippen LogP contribution in [-0.4, -0.2) is 9.97 Å². The molecule has 0 saturated carbocycles. The van der Waals surface area contributed by atoms with Crippen LogP contribution in [0, 0.1) is 9.39 Å². The minimum atomic E-state index is -0.538. The van der Waals surface area contributed by atoms with Gasteiger partial charge in [0.05, 0.1) is 8.59 Å². The summed E-state index contributed by atoms with van der Waals surface area (Å²) in [4.78, 5) is 7.48. The lowest BCUT2D eigenvalue weighted by molar-refractivity contribution is 0.629. The van der Waals surface area contributed by atoms with Gasteiger partial charge in [0.1, 0.15) is 10.7 Å². The van der Waals surface area contributed by atoms with Crippen molar-refractivity contribution >= 4 is 68.3 Å². The molecule has 2 aromatic rings. The smallest absolute Gasteiger partial charge is 0.215 e. The second-order valence-electron chi connectivity index (χ2n) is 2.67. The van der Waals surface area contributed by atoms with Crippen molar-refractivity contribution in [3.63, 3.8) is 0 Å². The van der Waals surface area contributed by atoms with E-state index < -0.39 is 5.82 Å². The maximum absolute atomic E-state index is 13.7. The van der Waals surface area contributed by atoms with Gasteiger partial charge in [0.2, 0.25) is 5.28 Å². The average Bonchev–Trinajstić information content (AvgIpc) is 2.17. The number of fused-ring (bicyclic) bond motifs is 1. The van der Waals surface area contributed by atoms with E-state index in [-0.39, 0.29) is 24.5 Å². The summed E-state index contributed by atoms with van der Waals surface area (Å²) in [6.45, 7) is 0. The van der Waals surface area contributed by atoms with Crippen LogP contribution in [0.25, 0.3) is 10.9 Å². The molecule has 0 aliphatic heterocycles. The molecule has 0 unspecified atom stereocenters. The average molecular weight is 377 g/mol. The van der Waals surface area contributed by atoms with Crippen LogP contribution in [0.2, 0.25) is 15.5 Å². The molecule has 1 heterocycles. The molecular weight excluding hydrogens is 376 g/mol. The van der Waals surface area contributed by atoms with Crippen molar-refractivity contribution in [3.05, 3.63) is 30.9 Å². The summed E-state index contributed by atoms with van der Waals surface area (Å²) in [7, 11) is 0. The molecule has 0 aliphatic carbocycles. The highest BCUT2D eigenvalue weighted by Gasteiger charge is 2.14. The van der Waals surface area contributed by atoms with Crippen molar-refractivity contribution in [1.29, 1.82) is 0 Å². The first kappa shape index (κ1) is 11.6. The standard InChI is InChI=1S/C8HCl3FIN2/c9-3-1-2-6(4(12)5(3)13)14-8(11)15-7(2)10/h1H. The van der Waals surface area contributed by atoms with Crippen molar-refractivity contribution in [1.82, 2.24) is 9.97 Å². The number of aromatic nitrogens is 2. The Kier molecular flexibility index (Phi) is 3.21. The molecule has 2 nitrogen and oxygen atoms in total. The second-order valence-corrected chi connectivity index (χ2v) is 4.85. The third kappa shape index (κ3) is 2.00. The van der Waals surface area contributed by atoms with Gasteiger partial charge in [-0.1, -0.05) is 23.2 Å². The molecule has 0 radical (unpaired) electrons. The quantitative estimate of drug-likeness (QED) is 0.296. The third-order valence-corrected chi connectivity index (χ3v) is 3.88. The molecule has 7 heteroatoms. The van der Waals surface area contributed by atoms with E-state index >= 15 is 0 Å². The largest absolute Gasteiger partial charge is 0.224 e. The summed E-state index contributed by atoms with van der Waals surface area (Å²) in [5, 5.41) is 0.615. The molecule has 0 aliphatic rings. The van der Waals surface area contributed by atoms with E-state index in [0.29, 0.717) is 5.39 Å². The lowest BCUT2D eigenvalue weighted by atomic mass is 10.2. The molecule has 1 aromatic carbocycles. The predicted octanol–water partition coefficient (Wildman–Crippen LogP) is 4.33. The Bertz CT molecular complexity index is 561. The molecule has 0 fully saturated rings. The van der Waals surface area contributed by atoms with Crippen molar-refractivity contribution < 1.29 is 4.39 Å². The molecule has 78 valence electrons. The normalized spacial score (nSPS) is 11.0. The maximum Gasteiger partial charge on any atom is 0.224 e. The van der Waals surface area contributed by atoms with Gasteiger partial charge < -0.3 is 0 Å². The van der Waals surface area contributed by atoms with Crippen LogP contribution in [0.15, 0.2) is 6.07 Å². The van der Waals surface area contributed by atoms with Crippen LogP contribution in [0.3, 0.4) is 0 Å². The van der Waals surface area contributed by atoms with E-state index in [0.717, 1.165) is 0 Å². The molecule has 0 N–H and O–H groups in total. The highest BCUT2D eigenvalue weighted by Crippen LogP contribution is 2.31. The molecule has 0 saturated heterocycles. The Morgan fingerprint density at radius 1 is 1.20 bits per heavy atom. The van der Waals surface area contributed by atoms with Gasteiger partial charge in [-0.05, 0) is 40.3 Å². The SMILES string of the molecule is Fc1c(I)c(Cl)cc2c(Cl)nc(Cl)nc12. The topological polar surface area (TPSA) is 25.8 Å². The van der Waals surface area contributed by atoms with Gasteiger partial charge in [-0.15, -0.1) is 0 Å². The number of nitrogens with zero attached hydrogens (tertiary/aromatic N) is 2. The van der Waals surface area contributed by atoms with Crippen molar-refractivity contribution in [3.8, 4) is 0 Å². The summed E-state index contributed by atoms with van der Waals surface area (Å²) < 4.78 is 14.0. The van der Waals surface area contributed by atoms with Crippen molar-refractivity contribution in [2.45, 2.75) is 0 Å². The third-order valence-electron chi connectivity index (χ3n) is 1.75. The molecule has 1 aromatic heterocycles. The first-order valence-electron chi connectivity index (χ1n) is 3.67. The van der Waals surface area contributed by atoms with Crippen LogP contribution in [-0.2, 0) is 0 Å². The van der Waals surface area contributed by atoms with Gasteiger partial charge in [-0.3, -0.25) is 0 Å². The van der Waals surface area contributed by atoms with Crippen LogP contribution < -0.4 is 0 Å². The van der Waals surface area contributed by atoms with Gasteiger partial charge in [0.25, 0.3) is 0 Å². The van der Waals surface area contributed by atoms with Gasteiger partial charge in [0.15, 0.2) is 5.82 Å². The molecular formula is C8HCl3FIN2. The lowest BCUT2D eigenvalue weighted by Gasteiger charge is -2.04. The van der Waals surface area contributed by atoms with E-state index in [2.05, 4.69) is 9.97 Å². The van der Waals surface area contributed by atoms with E-state index in [1.54, 1.807) is 22.6 Å². The Hall–Kier alpha value is 0.0900.